The normalized spacial score (nSPS) is 11.5. The van der Waals surface area contributed by atoms with E-state index in [1.807, 2.05) is 30.5 Å². The standard InChI is InChI=1S/C23H26N2O/c1-4-23(2,3)19-11-8-17(9-12-19)10-13-22(26)25-21-7-5-6-18-16-24-15-14-20(18)21/h5-9,11-12,14-16H,4,10,13H2,1-3H3,(H,25,26). The van der Waals surface area contributed by atoms with E-state index in [2.05, 4.69) is 55.3 Å². The molecule has 0 radical (unpaired) electrons. The number of fused-ring (bicyclic) bond motifs is 1. The van der Waals surface area contributed by atoms with E-state index in [4.69, 9.17) is 0 Å². The van der Waals surface area contributed by atoms with Crippen molar-refractivity contribution in [3.63, 3.8) is 0 Å². The van der Waals surface area contributed by atoms with Crippen LogP contribution in [0.1, 0.15) is 44.7 Å². The lowest BCUT2D eigenvalue weighted by Crippen LogP contribution is -2.15. The molecule has 1 heterocycles. The summed E-state index contributed by atoms with van der Waals surface area (Å²) in [5.41, 5.74) is 3.57. The molecule has 3 heteroatoms. The Bertz CT molecular complexity index is 892. The van der Waals surface area contributed by atoms with Gasteiger partial charge in [-0.05, 0) is 41.5 Å². The molecule has 3 aromatic rings. The summed E-state index contributed by atoms with van der Waals surface area (Å²) < 4.78 is 0. The smallest absolute Gasteiger partial charge is 0.224 e. The van der Waals surface area contributed by atoms with E-state index in [9.17, 15) is 4.79 Å². The first-order chi connectivity index (χ1) is 12.5. The second-order valence-electron chi connectivity index (χ2n) is 7.38. The van der Waals surface area contributed by atoms with Crippen LogP contribution < -0.4 is 5.32 Å². The molecule has 0 aliphatic heterocycles. The number of benzene rings is 2. The number of rotatable bonds is 6. The molecule has 134 valence electrons. The van der Waals surface area contributed by atoms with E-state index in [1.54, 1.807) is 6.20 Å². The highest BCUT2D eigenvalue weighted by Crippen LogP contribution is 2.27. The van der Waals surface area contributed by atoms with E-state index < -0.39 is 0 Å². The molecule has 0 aliphatic rings. The molecule has 1 N–H and O–H groups in total. The Labute approximate surface area is 155 Å². The summed E-state index contributed by atoms with van der Waals surface area (Å²) in [5.74, 6) is 0.0345. The SMILES string of the molecule is CCC(C)(C)c1ccc(CCC(=O)Nc2cccc3cnccc23)cc1. The lowest BCUT2D eigenvalue weighted by molar-refractivity contribution is -0.116. The molecule has 2 aromatic carbocycles. The Balaban J connectivity index is 1.62. The van der Waals surface area contributed by atoms with Crippen LogP contribution >= 0.6 is 0 Å². The Morgan fingerprint density at radius 1 is 1.08 bits per heavy atom. The van der Waals surface area contributed by atoms with Crippen molar-refractivity contribution in [3.05, 3.63) is 72.1 Å². The molecular weight excluding hydrogens is 320 g/mol. The minimum absolute atomic E-state index is 0.0345. The monoisotopic (exact) mass is 346 g/mol. The highest BCUT2D eigenvalue weighted by atomic mass is 16.1. The highest BCUT2D eigenvalue weighted by Gasteiger charge is 2.17. The maximum atomic E-state index is 12.4. The first kappa shape index (κ1) is 18.1. The van der Waals surface area contributed by atoms with Crippen LogP contribution in [-0.2, 0) is 16.6 Å². The maximum Gasteiger partial charge on any atom is 0.224 e. The molecule has 3 nitrogen and oxygen atoms in total. The number of aromatic nitrogens is 1. The first-order valence-electron chi connectivity index (χ1n) is 9.21. The van der Waals surface area contributed by atoms with Crippen molar-refractivity contribution < 1.29 is 4.79 Å². The molecule has 0 saturated carbocycles. The van der Waals surface area contributed by atoms with E-state index in [1.165, 1.54) is 11.1 Å². The van der Waals surface area contributed by atoms with Crippen molar-refractivity contribution in [2.75, 3.05) is 5.32 Å². The van der Waals surface area contributed by atoms with Gasteiger partial charge in [0, 0.05) is 35.3 Å². The number of carbonyl (C=O) groups is 1. The van der Waals surface area contributed by atoms with Crippen molar-refractivity contribution in [1.82, 2.24) is 4.98 Å². The Kier molecular flexibility index (Phi) is 5.36. The van der Waals surface area contributed by atoms with Crippen molar-refractivity contribution in [2.24, 2.45) is 0 Å². The molecule has 0 spiro atoms. The second kappa shape index (κ2) is 7.69. The van der Waals surface area contributed by atoms with Crippen LogP contribution in [-0.4, -0.2) is 10.9 Å². The van der Waals surface area contributed by atoms with Gasteiger partial charge in [-0.25, -0.2) is 0 Å². The van der Waals surface area contributed by atoms with Crippen molar-refractivity contribution in [1.29, 1.82) is 0 Å². The fraction of sp³-hybridized carbons (Fsp3) is 0.304. The molecular formula is C23H26N2O. The third-order valence-electron chi connectivity index (χ3n) is 5.21. The maximum absolute atomic E-state index is 12.4. The Morgan fingerprint density at radius 3 is 2.58 bits per heavy atom. The molecule has 0 saturated heterocycles. The molecule has 1 amide bonds. The highest BCUT2D eigenvalue weighted by molar-refractivity contribution is 6.01. The summed E-state index contributed by atoms with van der Waals surface area (Å²) >= 11 is 0. The van der Waals surface area contributed by atoms with E-state index in [0.29, 0.717) is 6.42 Å². The number of pyridine rings is 1. The van der Waals surface area contributed by atoms with E-state index >= 15 is 0 Å². The molecule has 3 rings (SSSR count). The second-order valence-corrected chi connectivity index (χ2v) is 7.38. The first-order valence-corrected chi connectivity index (χ1v) is 9.21. The number of hydrogen-bond acceptors (Lipinski definition) is 2. The number of hydrogen-bond donors (Lipinski definition) is 1. The Morgan fingerprint density at radius 2 is 1.85 bits per heavy atom. The zero-order chi connectivity index (χ0) is 18.6. The molecule has 0 fully saturated rings. The molecule has 0 unspecified atom stereocenters. The predicted octanol–water partition coefficient (Wildman–Crippen LogP) is 5.49. The average molecular weight is 346 g/mol. The van der Waals surface area contributed by atoms with Crippen LogP contribution in [0.4, 0.5) is 5.69 Å². The minimum Gasteiger partial charge on any atom is -0.326 e. The number of aryl methyl sites for hydroxylation is 1. The van der Waals surface area contributed by atoms with Gasteiger partial charge in [-0.1, -0.05) is 57.2 Å². The van der Waals surface area contributed by atoms with Crippen LogP contribution in [0.25, 0.3) is 10.8 Å². The minimum atomic E-state index is 0.0345. The van der Waals surface area contributed by atoms with Gasteiger partial charge in [-0.3, -0.25) is 9.78 Å². The summed E-state index contributed by atoms with van der Waals surface area (Å²) in [4.78, 5) is 16.5. The van der Waals surface area contributed by atoms with Gasteiger partial charge in [-0.15, -0.1) is 0 Å². The lowest BCUT2D eigenvalue weighted by atomic mass is 9.82. The third-order valence-corrected chi connectivity index (χ3v) is 5.21. The number of anilines is 1. The zero-order valence-corrected chi connectivity index (χ0v) is 15.8. The largest absolute Gasteiger partial charge is 0.326 e. The molecule has 1 aromatic heterocycles. The number of carbonyl (C=O) groups excluding carboxylic acids is 1. The molecule has 26 heavy (non-hydrogen) atoms. The summed E-state index contributed by atoms with van der Waals surface area (Å²) in [6, 6.07) is 16.5. The molecule has 0 bridgehead atoms. The van der Waals surface area contributed by atoms with Gasteiger partial charge < -0.3 is 5.32 Å². The predicted molar refractivity (Wildman–Crippen MR) is 108 cm³/mol. The topological polar surface area (TPSA) is 42.0 Å². The van der Waals surface area contributed by atoms with Crippen molar-refractivity contribution in [3.8, 4) is 0 Å². The van der Waals surface area contributed by atoms with Crippen LogP contribution in [0.2, 0.25) is 0 Å². The van der Waals surface area contributed by atoms with Crippen LogP contribution in [0.3, 0.4) is 0 Å². The van der Waals surface area contributed by atoms with Gasteiger partial charge in [0.15, 0.2) is 0 Å². The van der Waals surface area contributed by atoms with Gasteiger partial charge in [0.05, 0.1) is 0 Å². The summed E-state index contributed by atoms with van der Waals surface area (Å²) in [6.07, 6.45) is 5.87. The van der Waals surface area contributed by atoms with Gasteiger partial charge in [-0.2, -0.15) is 0 Å². The van der Waals surface area contributed by atoms with Crippen LogP contribution in [0.5, 0.6) is 0 Å². The van der Waals surface area contributed by atoms with Gasteiger partial charge >= 0.3 is 0 Å². The Hall–Kier alpha value is -2.68. The summed E-state index contributed by atoms with van der Waals surface area (Å²) in [5, 5.41) is 5.08. The van der Waals surface area contributed by atoms with Gasteiger partial charge in [0.2, 0.25) is 5.91 Å². The van der Waals surface area contributed by atoms with Gasteiger partial charge in [0.1, 0.15) is 0 Å². The summed E-state index contributed by atoms with van der Waals surface area (Å²) in [6.45, 7) is 6.73. The molecule has 0 aliphatic carbocycles. The van der Waals surface area contributed by atoms with E-state index in [-0.39, 0.29) is 11.3 Å². The fourth-order valence-corrected chi connectivity index (χ4v) is 3.03. The summed E-state index contributed by atoms with van der Waals surface area (Å²) in [7, 11) is 0. The zero-order valence-electron chi connectivity index (χ0n) is 15.8. The van der Waals surface area contributed by atoms with E-state index in [0.717, 1.165) is 29.3 Å². The lowest BCUT2D eigenvalue weighted by Gasteiger charge is -2.23. The van der Waals surface area contributed by atoms with Crippen LogP contribution in [0, 0.1) is 0 Å². The average Bonchev–Trinajstić information content (AvgIpc) is 2.67. The van der Waals surface area contributed by atoms with Crippen LogP contribution in [0.15, 0.2) is 60.9 Å². The third kappa shape index (κ3) is 4.10. The van der Waals surface area contributed by atoms with Gasteiger partial charge in [0.25, 0.3) is 0 Å². The number of amides is 1. The fourth-order valence-electron chi connectivity index (χ4n) is 3.03. The number of nitrogens with one attached hydrogen (secondary N) is 1. The van der Waals surface area contributed by atoms with Crippen molar-refractivity contribution >= 4 is 22.4 Å². The molecule has 0 atom stereocenters. The number of nitrogens with zero attached hydrogens (tertiary/aromatic N) is 1. The van der Waals surface area contributed by atoms with Crippen molar-refractivity contribution in [2.45, 2.75) is 45.4 Å². The quantitative estimate of drug-likeness (QED) is 0.641.